The molecule has 3 aliphatic rings. The van der Waals surface area contributed by atoms with Gasteiger partial charge in [-0.1, -0.05) is 78.9 Å². The topological polar surface area (TPSA) is 75.7 Å². The van der Waals surface area contributed by atoms with Crippen LogP contribution in [0.4, 0.5) is 11.4 Å². The highest BCUT2D eigenvalue weighted by molar-refractivity contribution is 6.16. The van der Waals surface area contributed by atoms with E-state index in [2.05, 4.69) is 5.32 Å². The van der Waals surface area contributed by atoms with Crippen molar-refractivity contribution < 1.29 is 19.1 Å². The Balaban J connectivity index is 1.66. The fraction of sp³-hybridized carbons (Fsp3) is 0.207. The number of nitrogens with zero attached hydrogens (tertiary/aromatic N) is 1. The maximum atomic E-state index is 14.3. The number of amides is 1. The summed E-state index contributed by atoms with van der Waals surface area (Å²) >= 11 is 0. The SMILES string of the molecule is CCOC(=O)C1C(C(=O)c2ccccc2)C2(C(=O)Nc3ccccc32)C2C=Cc3ccccc3N12. The van der Waals surface area contributed by atoms with Gasteiger partial charge in [-0.25, -0.2) is 4.79 Å². The zero-order valence-corrected chi connectivity index (χ0v) is 19.2. The molecule has 0 aromatic heterocycles. The van der Waals surface area contributed by atoms with Crippen molar-refractivity contribution in [2.45, 2.75) is 24.4 Å². The Hall–Kier alpha value is -4.19. The summed E-state index contributed by atoms with van der Waals surface area (Å²) in [5, 5.41) is 3.01. The Morgan fingerprint density at radius 3 is 2.49 bits per heavy atom. The standard InChI is InChI=1S/C29H24N2O4/c1-2-35-27(33)25-24(26(32)19-11-4-3-5-12-19)29(20-13-7-8-14-21(20)30-28(29)34)23-17-16-18-10-6-9-15-22(18)31(23)25/h3-17,23-25H,2H2,1H3,(H,30,34). The number of fused-ring (bicyclic) bond motifs is 6. The number of hydrogen-bond donors (Lipinski definition) is 1. The molecule has 0 bridgehead atoms. The third-order valence-electron chi connectivity index (χ3n) is 7.41. The summed E-state index contributed by atoms with van der Waals surface area (Å²) in [6.07, 6.45) is 3.93. The lowest BCUT2D eigenvalue weighted by atomic mass is 9.64. The van der Waals surface area contributed by atoms with Gasteiger partial charge in [0, 0.05) is 16.9 Å². The monoisotopic (exact) mass is 464 g/mol. The van der Waals surface area contributed by atoms with Crippen molar-refractivity contribution in [1.29, 1.82) is 0 Å². The molecular formula is C29H24N2O4. The van der Waals surface area contributed by atoms with Crippen LogP contribution in [0.3, 0.4) is 0 Å². The van der Waals surface area contributed by atoms with Crippen LogP contribution in [-0.4, -0.2) is 36.4 Å². The molecule has 6 rings (SSSR count). The van der Waals surface area contributed by atoms with E-state index in [0.717, 1.165) is 16.8 Å². The Morgan fingerprint density at radius 2 is 1.69 bits per heavy atom. The van der Waals surface area contributed by atoms with E-state index in [9.17, 15) is 14.4 Å². The van der Waals surface area contributed by atoms with Crippen molar-refractivity contribution in [3.05, 3.63) is 102 Å². The Kier molecular flexibility index (Phi) is 4.85. The highest BCUT2D eigenvalue weighted by Gasteiger charge is 2.70. The van der Waals surface area contributed by atoms with Gasteiger partial charge in [-0.15, -0.1) is 0 Å². The van der Waals surface area contributed by atoms with Gasteiger partial charge in [0.1, 0.15) is 11.5 Å². The van der Waals surface area contributed by atoms with Crippen LogP contribution in [0.5, 0.6) is 0 Å². The van der Waals surface area contributed by atoms with Crippen molar-refractivity contribution in [3.63, 3.8) is 0 Å². The predicted molar refractivity (Wildman–Crippen MR) is 133 cm³/mol. The van der Waals surface area contributed by atoms with E-state index >= 15 is 0 Å². The van der Waals surface area contributed by atoms with Gasteiger partial charge < -0.3 is 15.0 Å². The van der Waals surface area contributed by atoms with E-state index < -0.39 is 29.4 Å². The van der Waals surface area contributed by atoms with Crippen LogP contribution >= 0.6 is 0 Å². The lowest BCUT2D eigenvalue weighted by molar-refractivity contribution is -0.145. The molecule has 1 amide bonds. The van der Waals surface area contributed by atoms with Crippen LogP contribution in [-0.2, 0) is 19.7 Å². The molecule has 3 aromatic carbocycles. The Labute approximate surface area is 203 Å². The van der Waals surface area contributed by atoms with Crippen LogP contribution in [0.1, 0.15) is 28.4 Å². The number of carbonyl (C=O) groups excluding carboxylic acids is 3. The van der Waals surface area contributed by atoms with Gasteiger partial charge in [-0.3, -0.25) is 9.59 Å². The smallest absolute Gasteiger partial charge is 0.329 e. The number of Topliss-reactive ketones (excluding diaryl/α,β-unsaturated/α-hetero) is 1. The van der Waals surface area contributed by atoms with Crippen LogP contribution in [0.25, 0.3) is 6.08 Å². The lowest BCUT2D eigenvalue weighted by Crippen LogP contribution is -2.51. The first-order valence-electron chi connectivity index (χ1n) is 11.8. The van der Waals surface area contributed by atoms with Gasteiger partial charge in [0.05, 0.1) is 18.6 Å². The summed E-state index contributed by atoms with van der Waals surface area (Å²) in [6.45, 7) is 1.92. The number of rotatable bonds is 4. The van der Waals surface area contributed by atoms with E-state index in [1.807, 2.05) is 71.6 Å². The fourth-order valence-corrected chi connectivity index (χ4v) is 6.10. The molecule has 4 unspecified atom stereocenters. The molecule has 0 saturated carbocycles. The van der Waals surface area contributed by atoms with Crippen LogP contribution in [0.2, 0.25) is 0 Å². The number of esters is 1. The summed E-state index contributed by atoms with van der Waals surface area (Å²) in [5.74, 6) is -2.03. The maximum Gasteiger partial charge on any atom is 0.329 e. The summed E-state index contributed by atoms with van der Waals surface area (Å²) in [6, 6.07) is 22.5. The number of para-hydroxylation sites is 2. The normalized spacial score (nSPS) is 25.6. The number of anilines is 2. The van der Waals surface area contributed by atoms with Gasteiger partial charge in [-0.2, -0.15) is 0 Å². The van der Waals surface area contributed by atoms with Gasteiger partial charge in [0.2, 0.25) is 5.91 Å². The second-order valence-electron chi connectivity index (χ2n) is 9.04. The second kappa shape index (κ2) is 7.94. The number of ether oxygens (including phenoxy) is 1. The maximum absolute atomic E-state index is 14.3. The van der Waals surface area contributed by atoms with Crippen molar-refractivity contribution in [1.82, 2.24) is 0 Å². The second-order valence-corrected chi connectivity index (χ2v) is 9.04. The average molecular weight is 465 g/mol. The first-order chi connectivity index (χ1) is 17.1. The van der Waals surface area contributed by atoms with E-state index in [4.69, 9.17) is 4.74 Å². The minimum atomic E-state index is -1.30. The predicted octanol–water partition coefficient (Wildman–Crippen LogP) is 4.22. The summed E-state index contributed by atoms with van der Waals surface area (Å²) in [4.78, 5) is 43.9. The molecule has 0 aliphatic carbocycles. The van der Waals surface area contributed by atoms with E-state index in [1.165, 1.54) is 0 Å². The molecule has 3 heterocycles. The summed E-state index contributed by atoms with van der Waals surface area (Å²) in [5.41, 5.74) is 2.28. The molecule has 174 valence electrons. The third kappa shape index (κ3) is 2.86. The molecule has 6 heteroatoms. The fourth-order valence-electron chi connectivity index (χ4n) is 6.10. The molecule has 1 N–H and O–H groups in total. The third-order valence-corrected chi connectivity index (χ3v) is 7.41. The molecule has 3 aliphatic heterocycles. The molecule has 1 fully saturated rings. The number of benzene rings is 3. The Bertz CT molecular complexity index is 1380. The zero-order valence-electron chi connectivity index (χ0n) is 19.2. The van der Waals surface area contributed by atoms with Crippen molar-refractivity contribution in [2.75, 3.05) is 16.8 Å². The minimum Gasteiger partial charge on any atom is -0.464 e. The van der Waals surface area contributed by atoms with Gasteiger partial charge in [0.15, 0.2) is 5.78 Å². The first-order valence-corrected chi connectivity index (χ1v) is 11.8. The number of ketones is 1. The molecule has 3 aromatic rings. The van der Waals surface area contributed by atoms with Crippen molar-refractivity contribution in [3.8, 4) is 0 Å². The lowest BCUT2D eigenvalue weighted by Gasteiger charge is -2.37. The summed E-state index contributed by atoms with van der Waals surface area (Å²) in [7, 11) is 0. The average Bonchev–Trinajstić information content (AvgIpc) is 3.37. The molecule has 4 atom stereocenters. The highest BCUT2D eigenvalue weighted by atomic mass is 16.5. The van der Waals surface area contributed by atoms with Crippen LogP contribution < -0.4 is 10.2 Å². The minimum absolute atomic E-state index is 0.174. The number of carbonyl (C=O) groups is 3. The van der Waals surface area contributed by atoms with E-state index in [1.54, 1.807) is 31.2 Å². The molecule has 6 nitrogen and oxygen atoms in total. The highest BCUT2D eigenvalue weighted by Crippen LogP contribution is 2.57. The molecule has 1 saturated heterocycles. The molecule has 35 heavy (non-hydrogen) atoms. The van der Waals surface area contributed by atoms with Crippen molar-refractivity contribution in [2.24, 2.45) is 5.92 Å². The molecular weight excluding hydrogens is 440 g/mol. The van der Waals surface area contributed by atoms with Crippen LogP contribution in [0.15, 0.2) is 84.9 Å². The molecule has 0 radical (unpaired) electrons. The van der Waals surface area contributed by atoms with Gasteiger partial charge >= 0.3 is 5.97 Å². The zero-order chi connectivity index (χ0) is 24.2. The van der Waals surface area contributed by atoms with E-state index in [0.29, 0.717) is 11.3 Å². The number of hydrogen-bond acceptors (Lipinski definition) is 5. The quantitative estimate of drug-likeness (QED) is 0.462. The van der Waals surface area contributed by atoms with Gasteiger partial charge in [0.25, 0.3) is 0 Å². The molecule has 1 spiro atoms. The van der Waals surface area contributed by atoms with Gasteiger partial charge in [-0.05, 0) is 30.2 Å². The van der Waals surface area contributed by atoms with Crippen molar-refractivity contribution >= 4 is 35.1 Å². The number of nitrogens with one attached hydrogen (secondary N) is 1. The summed E-state index contributed by atoms with van der Waals surface area (Å²) < 4.78 is 5.54. The van der Waals surface area contributed by atoms with Crippen LogP contribution in [0, 0.1) is 5.92 Å². The van der Waals surface area contributed by atoms with E-state index in [-0.39, 0.29) is 18.3 Å². The Morgan fingerprint density at radius 1 is 0.971 bits per heavy atom. The first kappa shape index (κ1) is 21.4. The largest absolute Gasteiger partial charge is 0.464 e.